The Hall–Kier alpha value is -5.84. The molecule has 0 aliphatic rings. The second-order valence-corrected chi connectivity index (χ2v) is 12.2. The Morgan fingerprint density at radius 2 is 1.61 bits per heavy atom. The van der Waals surface area contributed by atoms with Gasteiger partial charge in [0.15, 0.2) is 6.61 Å². The standard InChI is InChI=1S/C38H41N5O6/c1-38(2,30-12-7-4-8-13-30)26-41-35(44)23-43(22-28-15-17-31(18-16-28)48-24-29-10-5-3-6-11-29)36(45)33(34-21-39-27-42-34)20-40-37(46)49-25-32-14-9-19-47-32/h3-19,21,27,33H,20,22-26H2,1-2H3,(H,39,42)(H,40,46)(H,41,44)/t33-/m0/s1. The molecule has 49 heavy (non-hydrogen) atoms. The molecule has 2 heterocycles. The maximum Gasteiger partial charge on any atom is 0.407 e. The van der Waals surface area contributed by atoms with Crippen LogP contribution >= 0.6 is 0 Å². The van der Waals surface area contributed by atoms with Crippen LogP contribution in [0, 0.1) is 0 Å². The molecule has 5 rings (SSSR count). The highest BCUT2D eigenvalue weighted by atomic mass is 16.6. The third-order valence-electron chi connectivity index (χ3n) is 8.04. The van der Waals surface area contributed by atoms with Gasteiger partial charge in [0.1, 0.15) is 18.1 Å². The normalized spacial score (nSPS) is 11.7. The maximum atomic E-state index is 14.3. The van der Waals surface area contributed by atoms with Crippen molar-refractivity contribution in [3.05, 3.63) is 144 Å². The van der Waals surface area contributed by atoms with Gasteiger partial charge in [0.2, 0.25) is 11.8 Å². The lowest BCUT2D eigenvalue weighted by atomic mass is 9.84. The van der Waals surface area contributed by atoms with Crippen molar-refractivity contribution in [2.24, 2.45) is 0 Å². The first kappa shape index (κ1) is 34.5. The lowest BCUT2D eigenvalue weighted by Crippen LogP contribution is -2.46. The van der Waals surface area contributed by atoms with Crippen LogP contribution in [0.4, 0.5) is 4.79 Å². The molecule has 2 aromatic heterocycles. The van der Waals surface area contributed by atoms with Gasteiger partial charge in [-0.25, -0.2) is 9.78 Å². The minimum atomic E-state index is -0.874. The first-order valence-corrected chi connectivity index (χ1v) is 16.0. The number of rotatable bonds is 16. The van der Waals surface area contributed by atoms with Gasteiger partial charge in [0.05, 0.1) is 25.1 Å². The molecule has 1 atom stereocenters. The summed E-state index contributed by atoms with van der Waals surface area (Å²) in [6.07, 6.45) is 3.76. The Kier molecular flexibility index (Phi) is 11.8. The van der Waals surface area contributed by atoms with Gasteiger partial charge >= 0.3 is 6.09 Å². The molecule has 0 aliphatic heterocycles. The molecule has 0 unspecified atom stereocenters. The first-order chi connectivity index (χ1) is 23.8. The molecule has 0 aliphatic carbocycles. The van der Waals surface area contributed by atoms with E-state index in [1.165, 1.54) is 23.7 Å². The van der Waals surface area contributed by atoms with Gasteiger partial charge in [-0.2, -0.15) is 0 Å². The summed E-state index contributed by atoms with van der Waals surface area (Å²) in [5.74, 6) is -0.396. The highest BCUT2D eigenvalue weighted by Crippen LogP contribution is 2.23. The number of carbonyl (C=O) groups excluding carboxylic acids is 3. The zero-order valence-corrected chi connectivity index (χ0v) is 27.6. The van der Waals surface area contributed by atoms with Gasteiger partial charge < -0.3 is 34.4 Å². The number of aromatic amines is 1. The SMILES string of the molecule is CC(C)(CNC(=O)CN(Cc1ccc(OCc2ccccc2)cc1)C(=O)[C@@H](CNC(=O)OCc1ccco1)c1cnc[nH]1)c1ccccc1. The van der Waals surface area contributed by atoms with Gasteiger partial charge in [0.25, 0.3) is 0 Å². The molecule has 3 N–H and O–H groups in total. The Morgan fingerprint density at radius 1 is 0.878 bits per heavy atom. The summed E-state index contributed by atoms with van der Waals surface area (Å²) in [5.41, 5.74) is 3.08. The van der Waals surface area contributed by atoms with E-state index in [4.69, 9.17) is 13.9 Å². The molecule has 0 saturated heterocycles. The van der Waals surface area contributed by atoms with Gasteiger partial charge in [-0.15, -0.1) is 0 Å². The Labute approximate surface area is 285 Å². The number of H-pyrrole nitrogens is 1. The average Bonchev–Trinajstić information content (AvgIpc) is 3.86. The second kappa shape index (κ2) is 16.8. The summed E-state index contributed by atoms with van der Waals surface area (Å²) >= 11 is 0. The number of aromatic nitrogens is 2. The molecular weight excluding hydrogens is 622 g/mol. The lowest BCUT2D eigenvalue weighted by Gasteiger charge is -2.29. The van der Waals surface area contributed by atoms with E-state index in [9.17, 15) is 14.4 Å². The molecule has 3 amide bonds. The zero-order valence-electron chi connectivity index (χ0n) is 27.6. The molecule has 0 saturated carbocycles. The Bertz CT molecular complexity index is 1740. The number of amides is 3. The van der Waals surface area contributed by atoms with E-state index in [0.717, 1.165) is 16.7 Å². The summed E-state index contributed by atoms with van der Waals surface area (Å²) < 4.78 is 16.4. The summed E-state index contributed by atoms with van der Waals surface area (Å²) in [4.78, 5) is 48.8. The number of nitrogens with zero attached hydrogens (tertiary/aromatic N) is 2. The van der Waals surface area contributed by atoms with Crippen molar-refractivity contribution >= 4 is 17.9 Å². The van der Waals surface area contributed by atoms with E-state index >= 15 is 0 Å². The quantitative estimate of drug-likeness (QED) is 0.123. The van der Waals surface area contributed by atoms with Crippen molar-refractivity contribution in [2.75, 3.05) is 19.6 Å². The minimum absolute atomic E-state index is 0.0574. The number of hydrogen-bond acceptors (Lipinski definition) is 7. The van der Waals surface area contributed by atoms with Gasteiger partial charge in [-0.05, 0) is 41.0 Å². The molecule has 0 fully saturated rings. The van der Waals surface area contributed by atoms with Crippen LogP contribution in [0.15, 0.2) is 120 Å². The Morgan fingerprint density at radius 3 is 2.29 bits per heavy atom. The van der Waals surface area contributed by atoms with Crippen LogP contribution in [0.1, 0.15) is 47.9 Å². The molecule has 0 radical (unpaired) electrons. The van der Waals surface area contributed by atoms with Crippen molar-refractivity contribution in [3.8, 4) is 5.75 Å². The Balaban J connectivity index is 1.29. The largest absolute Gasteiger partial charge is 0.489 e. The zero-order chi connectivity index (χ0) is 34.5. The number of alkyl carbamates (subject to hydrolysis) is 1. The predicted molar refractivity (Wildman–Crippen MR) is 183 cm³/mol. The highest BCUT2D eigenvalue weighted by molar-refractivity contribution is 5.89. The van der Waals surface area contributed by atoms with Crippen LogP contribution in [0.3, 0.4) is 0 Å². The van der Waals surface area contributed by atoms with Crippen LogP contribution in [0.25, 0.3) is 0 Å². The van der Waals surface area contributed by atoms with E-state index in [0.29, 0.717) is 30.4 Å². The van der Waals surface area contributed by atoms with Crippen LogP contribution in [-0.2, 0) is 39.5 Å². The molecular formula is C38H41N5O6. The number of nitrogens with one attached hydrogen (secondary N) is 3. The first-order valence-electron chi connectivity index (χ1n) is 16.0. The van der Waals surface area contributed by atoms with Gasteiger partial charge in [0, 0.05) is 36.9 Å². The molecule has 11 heteroatoms. The van der Waals surface area contributed by atoms with E-state index in [1.807, 2.05) is 84.9 Å². The maximum absolute atomic E-state index is 14.3. The number of benzene rings is 3. The smallest absolute Gasteiger partial charge is 0.407 e. The molecule has 0 spiro atoms. The third kappa shape index (κ3) is 10.3. The van der Waals surface area contributed by atoms with Crippen molar-refractivity contribution in [1.29, 1.82) is 0 Å². The number of hydrogen-bond donors (Lipinski definition) is 3. The number of carbonyl (C=O) groups is 3. The van der Waals surface area contributed by atoms with Crippen LogP contribution in [0.5, 0.6) is 5.75 Å². The third-order valence-corrected chi connectivity index (χ3v) is 8.04. The monoisotopic (exact) mass is 663 g/mol. The van der Waals surface area contributed by atoms with Gasteiger partial charge in [-0.1, -0.05) is 86.6 Å². The van der Waals surface area contributed by atoms with Crippen LogP contribution in [0.2, 0.25) is 0 Å². The number of ether oxygens (including phenoxy) is 2. The molecule has 11 nitrogen and oxygen atoms in total. The van der Waals surface area contributed by atoms with Crippen LogP contribution in [-0.4, -0.2) is 52.4 Å². The van der Waals surface area contributed by atoms with E-state index in [1.54, 1.807) is 12.1 Å². The minimum Gasteiger partial charge on any atom is -0.489 e. The molecule has 0 bridgehead atoms. The van der Waals surface area contributed by atoms with Crippen molar-refractivity contribution < 1.29 is 28.3 Å². The lowest BCUT2D eigenvalue weighted by molar-refractivity contribution is -0.138. The van der Waals surface area contributed by atoms with Crippen molar-refractivity contribution in [3.63, 3.8) is 0 Å². The van der Waals surface area contributed by atoms with E-state index < -0.39 is 12.0 Å². The summed E-state index contributed by atoms with van der Waals surface area (Å²) in [5, 5.41) is 5.69. The summed E-state index contributed by atoms with van der Waals surface area (Å²) in [7, 11) is 0. The fourth-order valence-corrected chi connectivity index (χ4v) is 5.18. The fourth-order valence-electron chi connectivity index (χ4n) is 5.18. The number of furan rings is 1. The summed E-state index contributed by atoms with van der Waals surface area (Å²) in [6.45, 7) is 4.69. The summed E-state index contributed by atoms with van der Waals surface area (Å²) in [6, 6.07) is 30.6. The molecule has 5 aromatic rings. The van der Waals surface area contributed by atoms with E-state index in [2.05, 4.69) is 34.4 Å². The topological polar surface area (TPSA) is 139 Å². The molecule has 254 valence electrons. The highest BCUT2D eigenvalue weighted by Gasteiger charge is 2.30. The van der Waals surface area contributed by atoms with Crippen LogP contribution < -0.4 is 15.4 Å². The van der Waals surface area contributed by atoms with Crippen molar-refractivity contribution in [1.82, 2.24) is 25.5 Å². The second-order valence-electron chi connectivity index (χ2n) is 12.2. The van der Waals surface area contributed by atoms with Crippen molar-refractivity contribution in [2.45, 2.75) is 44.9 Å². The molecule has 3 aromatic carbocycles. The predicted octanol–water partition coefficient (Wildman–Crippen LogP) is 5.71. The van der Waals surface area contributed by atoms with E-state index in [-0.39, 0.29) is 43.5 Å². The number of imidazole rings is 1. The average molecular weight is 664 g/mol. The van der Waals surface area contributed by atoms with Gasteiger partial charge in [-0.3, -0.25) is 9.59 Å². The fraction of sp³-hybridized carbons (Fsp3) is 0.263.